The van der Waals surface area contributed by atoms with Crippen LogP contribution in [0.15, 0.2) is 84.9 Å². The average Bonchev–Trinajstić information content (AvgIpc) is 4.04. The third kappa shape index (κ3) is 7.99. The fourth-order valence-electron chi connectivity index (χ4n) is 8.76. The van der Waals surface area contributed by atoms with Crippen LogP contribution in [0.5, 0.6) is 6.01 Å². The summed E-state index contributed by atoms with van der Waals surface area (Å²) in [5.74, 6) is -2.19. The summed E-state index contributed by atoms with van der Waals surface area (Å²) in [4.78, 5) is 50.2. The molecule has 2 aliphatic carbocycles. The van der Waals surface area contributed by atoms with Gasteiger partial charge >= 0.3 is 0 Å². The van der Waals surface area contributed by atoms with Crippen molar-refractivity contribution in [3.8, 4) is 23.2 Å². The standard InChI is InChI=1S/C46H52N6O6S/c1-30(2)52-38-18-12-17-37(33-21-19-32(28-47)20-22-33)40(38)48-44(52)58-36-26-39-41(53)49-46(43(55)50-59(56,57)45(3)23-24-45)27-35(46)16-11-6-4-5-10-15-34(42(54)51(39)29-36)25-31-13-8-7-9-14-31/h7-9,11-14,16-22,30,34-36,39H,4-6,10,15,23-27,29H2,1-3H3,(H,49,53)(H,50,55)/b16-11-/t34-,35-,36-,39+,46-/m1/s1. The van der Waals surface area contributed by atoms with Gasteiger partial charge in [0, 0.05) is 29.9 Å². The van der Waals surface area contributed by atoms with Gasteiger partial charge in [0.05, 0.1) is 28.4 Å². The molecular weight excluding hydrogens is 765 g/mol. The Labute approximate surface area is 346 Å². The molecule has 0 radical (unpaired) electrons. The number of hydrogen-bond donors (Lipinski definition) is 2. The fraction of sp³-hybridized carbons (Fsp3) is 0.457. The predicted molar refractivity (Wildman–Crippen MR) is 224 cm³/mol. The zero-order valence-electron chi connectivity index (χ0n) is 33.9. The van der Waals surface area contributed by atoms with Crippen LogP contribution < -0.4 is 14.8 Å². The van der Waals surface area contributed by atoms with E-state index in [0.717, 1.165) is 53.4 Å². The summed E-state index contributed by atoms with van der Waals surface area (Å²) in [7, 11) is -3.96. The Bertz CT molecular complexity index is 2430. The maximum atomic E-state index is 14.9. The Hall–Kier alpha value is -5.48. The number of nitrogens with zero attached hydrogens (tertiary/aromatic N) is 4. The quantitative estimate of drug-likeness (QED) is 0.175. The van der Waals surface area contributed by atoms with Crippen LogP contribution in [-0.4, -0.2) is 69.6 Å². The molecule has 3 amide bonds. The smallest absolute Gasteiger partial charge is 0.297 e. The van der Waals surface area contributed by atoms with Gasteiger partial charge in [-0.3, -0.25) is 23.7 Å². The maximum Gasteiger partial charge on any atom is 0.297 e. The normalized spacial score (nSPS) is 26.1. The van der Waals surface area contributed by atoms with Gasteiger partial charge in [0.1, 0.15) is 23.2 Å². The highest BCUT2D eigenvalue weighted by Crippen LogP contribution is 2.48. The van der Waals surface area contributed by atoms with Crippen molar-refractivity contribution in [3.63, 3.8) is 0 Å². The third-order valence-electron chi connectivity index (χ3n) is 12.7. The second-order valence-electron chi connectivity index (χ2n) is 17.3. The molecule has 13 heteroatoms. The van der Waals surface area contributed by atoms with Gasteiger partial charge in [-0.2, -0.15) is 10.2 Å². The Kier molecular flexibility index (Phi) is 10.9. The van der Waals surface area contributed by atoms with Crippen molar-refractivity contribution in [2.75, 3.05) is 6.54 Å². The molecule has 3 fully saturated rings. The first-order chi connectivity index (χ1) is 28.3. The summed E-state index contributed by atoms with van der Waals surface area (Å²) >= 11 is 0. The Morgan fingerprint density at radius 3 is 2.51 bits per heavy atom. The number of carbonyl (C=O) groups is 3. The first-order valence-corrected chi connectivity index (χ1v) is 22.4. The molecule has 2 N–H and O–H groups in total. The monoisotopic (exact) mass is 816 g/mol. The summed E-state index contributed by atoms with van der Waals surface area (Å²) < 4.78 is 36.6. The highest BCUT2D eigenvalue weighted by molar-refractivity contribution is 7.91. The topological polar surface area (TPSA) is 163 Å². The SMILES string of the molecule is CC(C)n1c(O[C@@H]2C[C@H]3C(=O)N[C@]4(C(=O)NS(=O)(=O)C5(C)CC5)C[C@H]4/C=C\CCCCC[C@H](Cc4ccccc4)C(=O)N3C2)nc2c(-c3ccc(C#N)cc3)cccc21. The van der Waals surface area contributed by atoms with Crippen LogP contribution in [0.4, 0.5) is 0 Å². The number of imidazole rings is 1. The zero-order valence-corrected chi connectivity index (χ0v) is 34.7. The molecule has 308 valence electrons. The average molecular weight is 817 g/mol. The lowest BCUT2D eigenvalue weighted by atomic mass is 9.92. The van der Waals surface area contributed by atoms with Gasteiger partial charge in [-0.15, -0.1) is 0 Å². The van der Waals surface area contributed by atoms with E-state index in [2.05, 4.69) is 16.1 Å². The van der Waals surface area contributed by atoms with Crippen LogP contribution in [0.25, 0.3) is 22.2 Å². The number of allylic oxidation sites excluding steroid dienone is 1. The lowest BCUT2D eigenvalue weighted by Crippen LogP contribution is -2.57. The number of para-hydroxylation sites is 1. The molecule has 0 bridgehead atoms. The van der Waals surface area contributed by atoms with Crippen molar-refractivity contribution in [1.29, 1.82) is 5.26 Å². The van der Waals surface area contributed by atoms with E-state index in [4.69, 9.17) is 9.72 Å². The third-order valence-corrected chi connectivity index (χ3v) is 14.9. The molecule has 3 heterocycles. The minimum atomic E-state index is -3.96. The van der Waals surface area contributed by atoms with Crippen molar-refractivity contribution in [2.45, 2.75) is 113 Å². The molecule has 8 rings (SSSR count). The molecule has 1 saturated heterocycles. The molecule has 4 aliphatic rings. The van der Waals surface area contributed by atoms with Gasteiger partial charge in [-0.05, 0) is 95.0 Å². The van der Waals surface area contributed by atoms with E-state index >= 15 is 0 Å². The summed E-state index contributed by atoms with van der Waals surface area (Å²) in [5, 5.41) is 12.4. The molecule has 12 nitrogen and oxygen atoms in total. The van der Waals surface area contributed by atoms with Gasteiger partial charge in [-0.25, -0.2) is 8.42 Å². The Balaban J connectivity index is 1.13. The fourth-order valence-corrected chi connectivity index (χ4v) is 10.1. The van der Waals surface area contributed by atoms with E-state index in [1.807, 2.05) is 91.2 Å². The van der Waals surface area contributed by atoms with Crippen LogP contribution in [0.2, 0.25) is 0 Å². The summed E-state index contributed by atoms with van der Waals surface area (Å²) in [6, 6.07) is 24.7. The molecule has 59 heavy (non-hydrogen) atoms. The van der Waals surface area contributed by atoms with Crippen LogP contribution >= 0.6 is 0 Å². The number of fused-ring (bicyclic) bond motifs is 3. The second kappa shape index (κ2) is 15.9. The zero-order chi connectivity index (χ0) is 41.5. The lowest BCUT2D eigenvalue weighted by Gasteiger charge is -2.30. The van der Waals surface area contributed by atoms with Crippen molar-refractivity contribution < 1.29 is 27.5 Å². The Morgan fingerprint density at radius 2 is 1.80 bits per heavy atom. The molecular formula is C46H52N6O6S. The van der Waals surface area contributed by atoms with E-state index in [9.17, 15) is 28.1 Å². The number of nitriles is 1. The number of hydrogen-bond acceptors (Lipinski definition) is 8. The Morgan fingerprint density at radius 1 is 1.03 bits per heavy atom. The lowest BCUT2D eigenvalue weighted by molar-refractivity contribution is -0.142. The largest absolute Gasteiger partial charge is 0.459 e. The number of nitrogens with one attached hydrogen (secondary N) is 2. The van der Waals surface area contributed by atoms with Crippen LogP contribution in [0.1, 0.15) is 95.7 Å². The van der Waals surface area contributed by atoms with E-state index in [1.54, 1.807) is 24.0 Å². The number of benzene rings is 3. The van der Waals surface area contributed by atoms with Crippen molar-refractivity contribution in [2.24, 2.45) is 11.8 Å². The summed E-state index contributed by atoms with van der Waals surface area (Å²) in [6.45, 7) is 5.83. The minimum Gasteiger partial charge on any atom is -0.459 e. The molecule has 3 aromatic carbocycles. The summed E-state index contributed by atoms with van der Waals surface area (Å²) in [5.41, 5.74) is 3.49. The number of carbonyl (C=O) groups excluding carboxylic acids is 3. The van der Waals surface area contributed by atoms with Gasteiger partial charge in [0.15, 0.2) is 0 Å². The van der Waals surface area contributed by atoms with E-state index in [0.29, 0.717) is 37.3 Å². The molecule has 0 unspecified atom stereocenters. The van der Waals surface area contributed by atoms with Gasteiger partial charge in [0.25, 0.3) is 11.9 Å². The predicted octanol–water partition coefficient (Wildman–Crippen LogP) is 6.76. The number of amides is 3. The van der Waals surface area contributed by atoms with Crippen molar-refractivity contribution in [1.82, 2.24) is 24.5 Å². The molecule has 4 aromatic rings. The number of ether oxygens (including phenoxy) is 1. The highest BCUT2D eigenvalue weighted by atomic mass is 32.2. The maximum absolute atomic E-state index is 14.9. The first kappa shape index (κ1) is 40.3. The van der Waals surface area contributed by atoms with Crippen LogP contribution in [-0.2, 0) is 30.8 Å². The minimum absolute atomic E-state index is 0.0503. The van der Waals surface area contributed by atoms with Gasteiger partial charge in [0.2, 0.25) is 21.8 Å². The van der Waals surface area contributed by atoms with Gasteiger partial charge < -0.3 is 15.0 Å². The van der Waals surface area contributed by atoms with Gasteiger partial charge in [-0.1, -0.05) is 79.6 Å². The number of sulfonamides is 1. The first-order valence-electron chi connectivity index (χ1n) is 20.9. The second-order valence-corrected chi connectivity index (χ2v) is 19.5. The number of aromatic nitrogens is 2. The molecule has 5 atom stereocenters. The van der Waals surface area contributed by atoms with E-state index in [-0.39, 0.29) is 31.3 Å². The molecule has 1 aromatic heterocycles. The van der Waals surface area contributed by atoms with Crippen LogP contribution in [0, 0.1) is 23.2 Å². The van der Waals surface area contributed by atoms with Crippen LogP contribution in [0.3, 0.4) is 0 Å². The summed E-state index contributed by atoms with van der Waals surface area (Å²) in [6.07, 6.45) is 9.26. The van der Waals surface area contributed by atoms with E-state index in [1.165, 1.54) is 0 Å². The molecule has 2 aliphatic heterocycles. The van der Waals surface area contributed by atoms with Crippen molar-refractivity contribution in [3.05, 3.63) is 96.1 Å². The van der Waals surface area contributed by atoms with Crippen molar-refractivity contribution >= 4 is 38.8 Å². The number of rotatable bonds is 9. The molecule has 0 spiro atoms. The molecule has 2 saturated carbocycles. The van der Waals surface area contributed by atoms with E-state index < -0.39 is 56.1 Å². The highest BCUT2D eigenvalue weighted by Gasteiger charge is 2.63.